The summed E-state index contributed by atoms with van der Waals surface area (Å²) in [5.41, 5.74) is 1.73. The fourth-order valence-electron chi connectivity index (χ4n) is 3.33. The largest absolute Gasteiger partial charge is 0.496 e. The normalized spacial score (nSPS) is 10.7. The summed E-state index contributed by atoms with van der Waals surface area (Å²) in [5, 5.41) is 26.5. The summed E-state index contributed by atoms with van der Waals surface area (Å²) in [4.78, 5) is 23.0. The van der Waals surface area contributed by atoms with Gasteiger partial charge in [0.1, 0.15) is 12.4 Å². The molecule has 0 aliphatic heterocycles. The number of methoxy groups -OCH3 is 1. The van der Waals surface area contributed by atoms with E-state index in [1.807, 2.05) is 24.3 Å². The molecule has 0 unspecified atom stereocenters. The first-order valence-electron chi connectivity index (χ1n) is 10.0. The summed E-state index contributed by atoms with van der Waals surface area (Å²) >= 11 is 0. The Morgan fingerprint density at radius 1 is 1.12 bits per heavy atom. The zero-order valence-corrected chi connectivity index (χ0v) is 17.9. The molecule has 0 saturated carbocycles. The highest BCUT2D eigenvalue weighted by Gasteiger charge is 2.18. The minimum Gasteiger partial charge on any atom is -0.496 e. The van der Waals surface area contributed by atoms with Crippen LogP contribution in [0.2, 0.25) is 0 Å². The number of nitrogens with one attached hydrogen (secondary N) is 1. The van der Waals surface area contributed by atoms with Crippen molar-refractivity contribution in [3.63, 3.8) is 0 Å². The molecule has 0 fully saturated rings. The monoisotopic (exact) mass is 448 g/mol. The van der Waals surface area contributed by atoms with Crippen molar-refractivity contribution in [3.8, 4) is 23.0 Å². The van der Waals surface area contributed by atoms with E-state index in [2.05, 4.69) is 20.6 Å². The second kappa shape index (κ2) is 9.30. The van der Waals surface area contributed by atoms with Crippen LogP contribution in [0.5, 0.6) is 11.6 Å². The smallest absolute Gasteiger partial charge is 0.273 e. The summed E-state index contributed by atoms with van der Waals surface area (Å²) in [6, 6.07) is 15.2. The highest BCUT2D eigenvalue weighted by molar-refractivity contribution is 5.96. The molecule has 0 saturated heterocycles. The van der Waals surface area contributed by atoms with E-state index in [1.165, 1.54) is 12.1 Å². The van der Waals surface area contributed by atoms with Crippen LogP contribution >= 0.6 is 0 Å². The van der Waals surface area contributed by atoms with Gasteiger partial charge in [0.2, 0.25) is 5.88 Å². The number of amides is 1. The molecule has 168 valence electrons. The number of benzene rings is 2. The number of hydrogen-bond donors (Lipinski definition) is 1. The molecule has 0 aliphatic rings. The van der Waals surface area contributed by atoms with Gasteiger partial charge in [-0.1, -0.05) is 18.2 Å². The average Bonchev–Trinajstić information content (AvgIpc) is 3.24. The van der Waals surface area contributed by atoms with Gasteiger partial charge in [0.05, 0.1) is 24.1 Å². The predicted molar refractivity (Wildman–Crippen MR) is 118 cm³/mol. The standard InChI is InChI=1S/C22H20N6O5/c1-14-15(7-5-8-17(14)28(30)31)22(29)23-12-13-33-20-11-10-19-24-25-21(27(19)26-20)16-6-3-4-9-18(16)32-2/h3-11H,12-13H2,1-2H3,(H,23,29). The maximum atomic E-state index is 12.4. The molecule has 2 aromatic heterocycles. The highest BCUT2D eigenvalue weighted by atomic mass is 16.6. The molecule has 11 nitrogen and oxygen atoms in total. The van der Waals surface area contributed by atoms with Crippen molar-refractivity contribution in [1.29, 1.82) is 0 Å². The van der Waals surface area contributed by atoms with Gasteiger partial charge >= 0.3 is 0 Å². The average molecular weight is 448 g/mol. The Balaban J connectivity index is 1.43. The Morgan fingerprint density at radius 3 is 2.73 bits per heavy atom. The third-order valence-electron chi connectivity index (χ3n) is 4.97. The molecule has 2 heterocycles. The lowest BCUT2D eigenvalue weighted by atomic mass is 10.1. The number of nitro groups is 1. The molecule has 4 aromatic rings. The van der Waals surface area contributed by atoms with Gasteiger partial charge in [-0.05, 0) is 31.2 Å². The Bertz CT molecular complexity index is 1340. The number of carbonyl (C=O) groups excluding carboxylic acids is 1. The van der Waals surface area contributed by atoms with Crippen LogP contribution in [-0.2, 0) is 0 Å². The molecule has 1 amide bonds. The quantitative estimate of drug-likeness (QED) is 0.247. The van der Waals surface area contributed by atoms with Crippen LogP contribution in [0.25, 0.3) is 17.0 Å². The van der Waals surface area contributed by atoms with Crippen molar-refractivity contribution in [1.82, 2.24) is 25.1 Å². The van der Waals surface area contributed by atoms with Crippen molar-refractivity contribution < 1.29 is 19.2 Å². The van der Waals surface area contributed by atoms with Crippen LogP contribution in [-0.4, -0.2) is 50.9 Å². The number of nitrogens with zero attached hydrogens (tertiary/aromatic N) is 5. The third-order valence-corrected chi connectivity index (χ3v) is 4.97. The first-order valence-corrected chi connectivity index (χ1v) is 10.0. The number of fused-ring (bicyclic) bond motifs is 1. The molecule has 0 atom stereocenters. The van der Waals surface area contributed by atoms with Gasteiger partial charge in [-0.2, -0.15) is 4.52 Å². The van der Waals surface area contributed by atoms with Crippen LogP contribution in [0.4, 0.5) is 5.69 Å². The number of ether oxygens (including phenoxy) is 2. The third kappa shape index (κ3) is 4.42. The number of hydrogen-bond acceptors (Lipinski definition) is 8. The summed E-state index contributed by atoms with van der Waals surface area (Å²) in [7, 11) is 1.58. The molecule has 4 rings (SSSR count). The van der Waals surface area contributed by atoms with Crippen molar-refractivity contribution in [2.45, 2.75) is 6.92 Å². The molecule has 0 radical (unpaired) electrons. The predicted octanol–water partition coefficient (Wildman–Crippen LogP) is 2.83. The lowest BCUT2D eigenvalue weighted by molar-refractivity contribution is -0.385. The van der Waals surface area contributed by atoms with E-state index in [4.69, 9.17) is 9.47 Å². The lowest BCUT2D eigenvalue weighted by Gasteiger charge is -2.09. The van der Waals surface area contributed by atoms with Gasteiger partial charge in [-0.25, -0.2) is 0 Å². The zero-order valence-electron chi connectivity index (χ0n) is 17.9. The summed E-state index contributed by atoms with van der Waals surface area (Å²) in [6.07, 6.45) is 0. The van der Waals surface area contributed by atoms with Crippen molar-refractivity contribution in [2.75, 3.05) is 20.3 Å². The summed E-state index contributed by atoms with van der Waals surface area (Å²) in [5.74, 6) is 1.04. The van der Waals surface area contributed by atoms with Crippen LogP contribution in [0.15, 0.2) is 54.6 Å². The molecule has 11 heteroatoms. The molecule has 33 heavy (non-hydrogen) atoms. The van der Waals surface area contributed by atoms with Crippen molar-refractivity contribution >= 4 is 17.2 Å². The van der Waals surface area contributed by atoms with E-state index in [0.29, 0.717) is 28.7 Å². The van der Waals surface area contributed by atoms with Crippen LogP contribution in [0.3, 0.4) is 0 Å². The van der Waals surface area contributed by atoms with Gasteiger partial charge in [0.25, 0.3) is 11.6 Å². The second-order valence-corrected chi connectivity index (χ2v) is 6.98. The molecule has 2 aromatic carbocycles. The number of aromatic nitrogens is 4. The fraction of sp³-hybridized carbons (Fsp3) is 0.182. The van der Waals surface area contributed by atoms with Gasteiger partial charge in [-0.3, -0.25) is 14.9 Å². The first-order chi connectivity index (χ1) is 16.0. The number of nitro benzene ring substituents is 1. The Kier molecular flexibility index (Phi) is 6.11. The van der Waals surface area contributed by atoms with Crippen LogP contribution in [0.1, 0.15) is 15.9 Å². The molecular formula is C22H20N6O5. The van der Waals surface area contributed by atoms with Crippen LogP contribution in [0, 0.1) is 17.0 Å². The first kappa shape index (κ1) is 21.7. The van der Waals surface area contributed by atoms with E-state index in [1.54, 1.807) is 36.7 Å². The van der Waals surface area contributed by atoms with E-state index in [0.717, 1.165) is 5.56 Å². The minimum absolute atomic E-state index is 0.101. The highest BCUT2D eigenvalue weighted by Crippen LogP contribution is 2.28. The Labute approximate surface area is 188 Å². The fourth-order valence-corrected chi connectivity index (χ4v) is 3.33. The summed E-state index contributed by atoms with van der Waals surface area (Å²) < 4.78 is 12.6. The lowest BCUT2D eigenvalue weighted by Crippen LogP contribution is -2.29. The van der Waals surface area contributed by atoms with Gasteiger partial charge in [0.15, 0.2) is 11.5 Å². The van der Waals surface area contributed by atoms with Gasteiger partial charge in [-0.15, -0.1) is 15.3 Å². The zero-order chi connectivity index (χ0) is 23.4. The Morgan fingerprint density at radius 2 is 1.94 bits per heavy atom. The van der Waals surface area contributed by atoms with Crippen molar-refractivity contribution in [2.24, 2.45) is 0 Å². The second-order valence-electron chi connectivity index (χ2n) is 6.98. The number of carbonyl (C=O) groups is 1. The molecule has 1 N–H and O–H groups in total. The van der Waals surface area contributed by atoms with Crippen LogP contribution < -0.4 is 14.8 Å². The molecular weight excluding hydrogens is 428 g/mol. The minimum atomic E-state index is -0.513. The van der Waals surface area contributed by atoms with E-state index in [9.17, 15) is 14.9 Å². The topological polar surface area (TPSA) is 134 Å². The number of para-hydroxylation sites is 1. The molecule has 0 bridgehead atoms. The van der Waals surface area contributed by atoms with E-state index in [-0.39, 0.29) is 24.4 Å². The SMILES string of the molecule is COc1ccccc1-c1nnc2ccc(OCCNC(=O)c3cccc([N+](=O)[O-])c3C)nn12. The Hall–Kier alpha value is -4.54. The molecule has 0 spiro atoms. The maximum absolute atomic E-state index is 12.4. The number of rotatable bonds is 8. The van der Waals surface area contributed by atoms with Crippen molar-refractivity contribution in [3.05, 3.63) is 75.8 Å². The maximum Gasteiger partial charge on any atom is 0.273 e. The van der Waals surface area contributed by atoms with Gasteiger partial charge in [0, 0.05) is 23.3 Å². The van der Waals surface area contributed by atoms with Gasteiger partial charge < -0.3 is 14.8 Å². The summed E-state index contributed by atoms with van der Waals surface area (Å²) in [6.45, 7) is 1.87. The van der Waals surface area contributed by atoms with E-state index >= 15 is 0 Å². The van der Waals surface area contributed by atoms with E-state index < -0.39 is 10.8 Å². The molecule has 0 aliphatic carbocycles.